The Kier molecular flexibility index (Phi) is 4.69. The molecule has 1 aliphatic heterocycles. The lowest BCUT2D eigenvalue weighted by atomic mass is 10.0. The lowest BCUT2D eigenvalue weighted by Gasteiger charge is -2.15. The van der Waals surface area contributed by atoms with Crippen molar-refractivity contribution in [2.24, 2.45) is 0 Å². The standard InChI is InChI=1S/C22H17ClN10O/c23-14-1-3-18(32-11-28-30-31-32)16(7-14)12-5-15-2-4-19(33(15)20(34)6-12)21-25-10-17(29-21)13-8-26-22(24)27-9-13/h1,3,5-11,19H,2,4H2,(H,25,29)(H2,24,26,27)/t19-/m0/s1. The molecule has 0 radical (unpaired) electrons. The Morgan fingerprint density at radius 1 is 1.06 bits per heavy atom. The number of nitrogen functional groups attached to an aromatic ring is 1. The second-order valence-corrected chi connectivity index (χ2v) is 8.36. The molecule has 5 aromatic rings. The summed E-state index contributed by atoms with van der Waals surface area (Å²) in [7, 11) is 0. The highest BCUT2D eigenvalue weighted by Crippen LogP contribution is 2.34. The van der Waals surface area contributed by atoms with Crippen LogP contribution in [0.15, 0.2) is 60.0 Å². The van der Waals surface area contributed by atoms with Gasteiger partial charge in [0.1, 0.15) is 12.2 Å². The molecule has 0 amide bonds. The molecule has 0 aliphatic carbocycles. The number of pyridine rings is 1. The molecule has 6 rings (SSSR count). The Morgan fingerprint density at radius 2 is 1.91 bits per heavy atom. The monoisotopic (exact) mass is 472 g/mol. The average Bonchev–Trinajstić information content (AvgIpc) is 3.60. The van der Waals surface area contributed by atoms with Crippen molar-refractivity contribution < 1.29 is 0 Å². The number of nitrogens with zero attached hydrogens (tertiary/aromatic N) is 8. The molecule has 0 bridgehead atoms. The summed E-state index contributed by atoms with van der Waals surface area (Å²) in [5.74, 6) is 0.913. The van der Waals surface area contributed by atoms with Crippen molar-refractivity contribution in [2.45, 2.75) is 18.9 Å². The molecule has 34 heavy (non-hydrogen) atoms. The molecule has 12 heteroatoms. The number of halogens is 1. The van der Waals surface area contributed by atoms with E-state index in [-0.39, 0.29) is 17.5 Å². The minimum atomic E-state index is -0.196. The highest BCUT2D eigenvalue weighted by molar-refractivity contribution is 6.31. The van der Waals surface area contributed by atoms with Gasteiger partial charge in [-0.2, -0.15) is 4.68 Å². The van der Waals surface area contributed by atoms with Crippen LogP contribution in [0.3, 0.4) is 0 Å². The van der Waals surface area contributed by atoms with E-state index in [4.69, 9.17) is 17.3 Å². The quantitative estimate of drug-likeness (QED) is 0.405. The van der Waals surface area contributed by atoms with Gasteiger partial charge in [-0.25, -0.2) is 15.0 Å². The molecule has 0 spiro atoms. The fourth-order valence-corrected chi connectivity index (χ4v) is 4.52. The first-order chi connectivity index (χ1) is 16.6. The first-order valence-corrected chi connectivity index (χ1v) is 10.9. The zero-order valence-corrected chi connectivity index (χ0v) is 18.4. The van der Waals surface area contributed by atoms with Crippen molar-refractivity contribution in [2.75, 3.05) is 5.73 Å². The largest absolute Gasteiger partial charge is 0.368 e. The number of hydrogen-bond acceptors (Lipinski definition) is 8. The van der Waals surface area contributed by atoms with Crippen LogP contribution in [0.1, 0.15) is 24.0 Å². The summed E-state index contributed by atoms with van der Waals surface area (Å²) in [6.45, 7) is 0. The zero-order chi connectivity index (χ0) is 23.2. The third-order valence-corrected chi connectivity index (χ3v) is 6.13. The van der Waals surface area contributed by atoms with Crippen LogP contribution < -0.4 is 11.3 Å². The molecule has 11 nitrogen and oxygen atoms in total. The van der Waals surface area contributed by atoms with Crippen molar-refractivity contribution in [3.8, 4) is 28.1 Å². The molecule has 0 saturated heterocycles. The predicted octanol–water partition coefficient (Wildman–Crippen LogP) is 2.44. The van der Waals surface area contributed by atoms with Crippen LogP contribution in [-0.2, 0) is 6.42 Å². The van der Waals surface area contributed by atoms with E-state index in [2.05, 4.69) is 35.5 Å². The van der Waals surface area contributed by atoms with Crippen LogP contribution in [0, 0.1) is 0 Å². The van der Waals surface area contributed by atoms with E-state index >= 15 is 0 Å². The minimum Gasteiger partial charge on any atom is -0.368 e. The van der Waals surface area contributed by atoms with E-state index in [1.807, 2.05) is 18.2 Å². The van der Waals surface area contributed by atoms with Crippen LogP contribution in [-0.4, -0.2) is 44.7 Å². The van der Waals surface area contributed by atoms with Crippen LogP contribution in [0.25, 0.3) is 28.1 Å². The Bertz CT molecular complexity index is 1560. The van der Waals surface area contributed by atoms with Gasteiger partial charge in [-0.15, -0.1) is 5.10 Å². The molecule has 4 aromatic heterocycles. The van der Waals surface area contributed by atoms with Gasteiger partial charge in [-0.3, -0.25) is 4.79 Å². The fraction of sp³-hybridized carbons (Fsp3) is 0.136. The summed E-state index contributed by atoms with van der Waals surface area (Å²) in [6, 6.07) is 8.83. The predicted molar refractivity (Wildman–Crippen MR) is 124 cm³/mol. The Morgan fingerprint density at radius 3 is 2.71 bits per heavy atom. The number of hydrogen-bond donors (Lipinski definition) is 2. The minimum absolute atomic E-state index is 0.119. The number of benzene rings is 1. The Labute approximate surface area is 197 Å². The maximum absolute atomic E-state index is 13.3. The number of tetrazole rings is 1. The number of imidazole rings is 1. The highest BCUT2D eigenvalue weighted by atomic mass is 35.5. The number of H-pyrrole nitrogens is 1. The van der Waals surface area contributed by atoms with Crippen LogP contribution in [0.5, 0.6) is 0 Å². The Hall–Kier alpha value is -4.38. The third-order valence-electron chi connectivity index (χ3n) is 5.89. The fourth-order valence-electron chi connectivity index (χ4n) is 4.35. The van der Waals surface area contributed by atoms with E-state index < -0.39 is 0 Å². The van der Waals surface area contributed by atoms with Gasteiger partial charge in [0.2, 0.25) is 5.95 Å². The molecule has 0 saturated carbocycles. The third kappa shape index (κ3) is 3.42. The molecule has 1 atom stereocenters. The van der Waals surface area contributed by atoms with Crippen LogP contribution >= 0.6 is 11.6 Å². The number of fused-ring (bicyclic) bond motifs is 1. The molecular formula is C22H17ClN10O. The molecule has 168 valence electrons. The molecular weight excluding hydrogens is 456 g/mol. The summed E-state index contributed by atoms with van der Waals surface area (Å²) in [6.07, 6.45) is 7.96. The second kappa shape index (κ2) is 7.89. The molecule has 5 heterocycles. The average molecular weight is 473 g/mol. The van der Waals surface area contributed by atoms with E-state index in [9.17, 15) is 4.79 Å². The number of rotatable bonds is 4. The molecule has 3 N–H and O–H groups in total. The van der Waals surface area contributed by atoms with Crippen LogP contribution in [0.4, 0.5) is 5.95 Å². The molecule has 0 fully saturated rings. The van der Waals surface area contributed by atoms with Gasteiger partial charge < -0.3 is 15.3 Å². The lowest BCUT2D eigenvalue weighted by molar-refractivity contribution is 0.572. The topological polar surface area (TPSA) is 146 Å². The van der Waals surface area contributed by atoms with Gasteiger partial charge in [-0.05, 0) is 53.1 Å². The summed E-state index contributed by atoms with van der Waals surface area (Å²) in [5, 5.41) is 12.0. The highest BCUT2D eigenvalue weighted by Gasteiger charge is 2.28. The van der Waals surface area contributed by atoms with Crippen molar-refractivity contribution in [3.05, 3.63) is 82.1 Å². The maximum Gasteiger partial charge on any atom is 0.252 e. The maximum atomic E-state index is 13.3. The van der Waals surface area contributed by atoms with Gasteiger partial charge in [-0.1, -0.05) is 11.6 Å². The first kappa shape index (κ1) is 20.2. The number of aryl methyl sites for hydroxylation is 1. The van der Waals surface area contributed by atoms with E-state index in [0.717, 1.165) is 46.6 Å². The van der Waals surface area contributed by atoms with Crippen molar-refractivity contribution in [3.63, 3.8) is 0 Å². The summed E-state index contributed by atoms with van der Waals surface area (Å²) < 4.78 is 3.33. The van der Waals surface area contributed by atoms with Crippen molar-refractivity contribution in [1.29, 1.82) is 0 Å². The lowest BCUT2D eigenvalue weighted by Crippen LogP contribution is -2.23. The summed E-state index contributed by atoms with van der Waals surface area (Å²) >= 11 is 6.28. The van der Waals surface area contributed by atoms with E-state index in [0.29, 0.717) is 10.8 Å². The number of nitrogens with one attached hydrogen (secondary N) is 1. The molecule has 1 aliphatic rings. The summed E-state index contributed by atoms with van der Waals surface area (Å²) in [5.41, 5.74) is 10.2. The number of aromatic amines is 1. The van der Waals surface area contributed by atoms with E-state index in [1.54, 1.807) is 40.0 Å². The molecule has 1 aromatic carbocycles. The normalized spacial score (nSPS) is 14.9. The first-order valence-electron chi connectivity index (χ1n) is 10.5. The number of nitrogens with two attached hydrogens (primary N) is 1. The number of aromatic nitrogens is 9. The van der Waals surface area contributed by atoms with Crippen molar-refractivity contribution in [1.82, 2.24) is 44.7 Å². The smallest absolute Gasteiger partial charge is 0.252 e. The molecule has 0 unspecified atom stereocenters. The summed E-state index contributed by atoms with van der Waals surface area (Å²) in [4.78, 5) is 29.2. The van der Waals surface area contributed by atoms with Crippen molar-refractivity contribution >= 4 is 17.5 Å². The van der Waals surface area contributed by atoms with Gasteiger partial charge in [0.05, 0.1) is 23.6 Å². The van der Waals surface area contributed by atoms with Gasteiger partial charge in [0.25, 0.3) is 5.56 Å². The van der Waals surface area contributed by atoms with E-state index in [1.165, 1.54) is 6.33 Å². The SMILES string of the molecule is Nc1ncc(-c2cnc([C@@H]3CCc4cc(-c5cc(Cl)ccc5-n5cnnn5)cc(=O)n43)[nH]2)cn1. The van der Waals surface area contributed by atoms with Gasteiger partial charge >= 0.3 is 0 Å². The zero-order valence-electron chi connectivity index (χ0n) is 17.6. The Balaban J connectivity index is 1.39. The second-order valence-electron chi connectivity index (χ2n) is 7.93. The van der Waals surface area contributed by atoms with Crippen LogP contribution in [0.2, 0.25) is 5.02 Å². The number of anilines is 1. The van der Waals surface area contributed by atoms with Gasteiger partial charge in [0, 0.05) is 40.3 Å². The van der Waals surface area contributed by atoms with Gasteiger partial charge in [0.15, 0.2) is 0 Å².